The summed E-state index contributed by atoms with van der Waals surface area (Å²) < 4.78 is 37.4. The highest BCUT2D eigenvalue weighted by Crippen LogP contribution is 2.29. The van der Waals surface area contributed by atoms with Gasteiger partial charge in [0, 0.05) is 12.2 Å². The standard InChI is InChI=1S/C12H11F3N2O3/c13-12(14,15)6-17(3-4-18)7-1-2-8-9(5-7)16-11(20)10(8)19/h1-2,5,18H,3-4,6H2,(H,16,19,20). The van der Waals surface area contributed by atoms with E-state index in [4.69, 9.17) is 5.11 Å². The SMILES string of the molecule is O=C1Nc2cc(N(CCO)CC(F)(F)F)ccc2C1=O. The van der Waals surface area contributed by atoms with Crippen molar-refractivity contribution in [1.82, 2.24) is 0 Å². The van der Waals surface area contributed by atoms with Gasteiger partial charge in [0.1, 0.15) is 6.54 Å². The molecule has 2 rings (SSSR count). The molecule has 5 nitrogen and oxygen atoms in total. The van der Waals surface area contributed by atoms with Crippen molar-refractivity contribution in [3.05, 3.63) is 23.8 Å². The fourth-order valence-corrected chi connectivity index (χ4v) is 1.97. The zero-order valence-electron chi connectivity index (χ0n) is 10.2. The van der Waals surface area contributed by atoms with Gasteiger partial charge in [-0.05, 0) is 18.2 Å². The van der Waals surface area contributed by atoms with E-state index in [1.54, 1.807) is 0 Å². The number of ketones is 1. The maximum atomic E-state index is 12.5. The number of Topliss-reactive ketones (excluding diaryl/α,β-unsaturated/α-hetero) is 1. The van der Waals surface area contributed by atoms with E-state index in [1.807, 2.05) is 0 Å². The third kappa shape index (κ3) is 2.90. The molecule has 1 aliphatic rings. The summed E-state index contributed by atoms with van der Waals surface area (Å²) in [5, 5.41) is 11.1. The first-order chi connectivity index (χ1) is 9.31. The number of alkyl halides is 3. The molecule has 1 amide bonds. The Morgan fingerprint density at radius 1 is 1.25 bits per heavy atom. The quantitative estimate of drug-likeness (QED) is 0.816. The second kappa shape index (κ2) is 5.12. The number of aliphatic hydroxyl groups excluding tert-OH is 1. The molecule has 1 aromatic carbocycles. The van der Waals surface area contributed by atoms with Crippen LogP contribution in [0.25, 0.3) is 0 Å². The maximum absolute atomic E-state index is 12.5. The lowest BCUT2D eigenvalue weighted by atomic mass is 10.1. The van der Waals surface area contributed by atoms with E-state index in [9.17, 15) is 22.8 Å². The number of benzene rings is 1. The summed E-state index contributed by atoms with van der Waals surface area (Å²) in [5.74, 6) is -1.52. The van der Waals surface area contributed by atoms with E-state index in [0.29, 0.717) is 0 Å². The van der Waals surface area contributed by atoms with E-state index in [0.717, 1.165) is 4.90 Å². The Morgan fingerprint density at radius 3 is 2.55 bits per heavy atom. The number of carbonyl (C=O) groups excluding carboxylic acids is 2. The van der Waals surface area contributed by atoms with Crippen LogP contribution in [0.3, 0.4) is 0 Å². The summed E-state index contributed by atoms with van der Waals surface area (Å²) in [4.78, 5) is 23.5. The molecule has 0 saturated heterocycles. The number of hydrogen-bond acceptors (Lipinski definition) is 4. The predicted molar refractivity (Wildman–Crippen MR) is 64.8 cm³/mol. The van der Waals surface area contributed by atoms with Gasteiger partial charge in [-0.25, -0.2) is 0 Å². The van der Waals surface area contributed by atoms with Crippen LogP contribution in [0.2, 0.25) is 0 Å². The van der Waals surface area contributed by atoms with Crippen LogP contribution in [-0.2, 0) is 4.79 Å². The fraction of sp³-hybridized carbons (Fsp3) is 0.333. The van der Waals surface area contributed by atoms with Crippen molar-refractivity contribution in [3.63, 3.8) is 0 Å². The van der Waals surface area contributed by atoms with Crippen LogP contribution in [0.15, 0.2) is 18.2 Å². The van der Waals surface area contributed by atoms with Gasteiger partial charge in [0.25, 0.3) is 11.7 Å². The zero-order chi connectivity index (χ0) is 14.9. The molecular formula is C12H11F3N2O3. The normalized spacial score (nSPS) is 14.2. The van der Waals surface area contributed by atoms with Crippen LogP contribution < -0.4 is 10.2 Å². The molecule has 2 N–H and O–H groups in total. The van der Waals surface area contributed by atoms with Crippen molar-refractivity contribution in [2.75, 3.05) is 29.9 Å². The molecule has 0 atom stereocenters. The maximum Gasteiger partial charge on any atom is 0.405 e. The van der Waals surface area contributed by atoms with E-state index in [-0.39, 0.29) is 23.5 Å². The topological polar surface area (TPSA) is 69.6 Å². The minimum atomic E-state index is -4.42. The van der Waals surface area contributed by atoms with E-state index < -0.39 is 31.0 Å². The van der Waals surface area contributed by atoms with Crippen molar-refractivity contribution < 1.29 is 27.9 Å². The Labute approximate surface area is 112 Å². The molecule has 0 bridgehead atoms. The Balaban J connectivity index is 2.29. The van der Waals surface area contributed by atoms with Gasteiger partial charge in [0.05, 0.1) is 17.9 Å². The van der Waals surface area contributed by atoms with Gasteiger partial charge in [-0.1, -0.05) is 0 Å². The minimum Gasteiger partial charge on any atom is -0.395 e. The van der Waals surface area contributed by atoms with Crippen molar-refractivity contribution in [2.24, 2.45) is 0 Å². The van der Waals surface area contributed by atoms with Crippen molar-refractivity contribution in [3.8, 4) is 0 Å². The van der Waals surface area contributed by atoms with Crippen LogP contribution in [-0.4, -0.2) is 42.7 Å². The van der Waals surface area contributed by atoms with E-state index >= 15 is 0 Å². The van der Waals surface area contributed by atoms with Gasteiger partial charge in [-0.3, -0.25) is 9.59 Å². The summed E-state index contributed by atoms with van der Waals surface area (Å²) in [6.07, 6.45) is -4.42. The number of hydrogen-bond donors (Lipinski definition) is 2. The van der Waals surface area contributed by atoms with Crippen LogP contribution in [0.1, 0.15) is 10.4 Å². The van der Waals surface area contributed by atoms with Crippen LogP contribution in [0.5, 0.6) is 0 Å². The first kappa shape index (κ1) is 14.3. The highest BCUT2D eigenvalue weighted by molar-refractivity contribution is 6.51. The molecule has 1 heterocycles. The molecule has 0 saturated carbocycles. The highest BCUT2D eigenvalue weighted by Gasteiger charge is 2.32. The number of aliphatic hydroxyl groups is 1. The number of carbonyl (C=O) groups is 2. The van der Waals surface area contributed by atoms with Crippen molar-refractivity contribution in [2.45, 2.75) is 6.18 Å². The monoisotopic (exact) mass is 288 g/mol. The molecule has 0 aliphatic carbocycles. The number of fused-ring (bicyclic) bond motifs is 1. The molecular weight excluding hydrogens is 277 g/mol. The first-order valence-electron chi connectivity index (χ1n) is 5.74. The molecule has 0 spiro atoms. The largest absolute Gasteiger partial charge is 0.405 e. The second-order valence-corrected chi connectivity index (χ2v) is 4.27. The molecule has 108 valence electrons. The predicted octanol–water partition coefficient (Wildman–Crippen LogP) is 1.18. The lowest BCUT2D eigenvalue weighted by Gasteiger charge is -2.25. The van der Waals surface area contributed by atoms with E-state index in [1.165, 1.54) is 18.2 Å². The molecule has 8 heteroatoms. The number of nitrogens with zero attached hydrogens (tertiary/aromatic N) is 1. The molecule has 1 aliphatic heterocycles. The molecule has 0 fully saturated rings. The number of halogens is 3. The summed E-state index contributed by atoms with van der Waals surface area (Å²) in [7, 11) is 0. The smallest absolute Gasteiger partial charge is 0.395 e. The van der Waals surface area contributed by atoms with Crippen LogP contribution >= 0.6 is 0 Å². The average molecular weight is 288 g/mol. The van der Waals surface area contributed by atoms with Gasteiger partial charge in [0.15, 0.2) is 0 Å². The zero-order valence-corrected chi connectivity index (χ0v) is 10.2. The molecule has 1 aromatic rings. The van der Waals surface area contributed by atoms with Crippen molar-refractivity contribution in [1.29, 1.82) is 0 Å². The molecule has 0 aromatic heterocycles. The Hall–Kier alpha value is -2.09. The lowest BCUT2D eigenvalue weighted by molar-refractivity contribution is -0.120. The Morgan fingerprint density at radius 2 is 1.95 bits per heavy atom. The third-order valence-corrected chi connectivity index (χ3v) is 2.81. The Kier molecular flexibility index (Phi) is 3.67. The highest BCUT2D eigenvalue weighted by atomic mass is 19.4. The first-order valence-corrected chi connectivity index (χ1v) is 5.74. The number of amides is 1. The lowest BCUT2D eigenvalue weighted by Crippen LogP contribution is -2.36. The number of rotatable bonds is 4. The summed E-state index contributed by atoms with van der Waals surface area (Å²) >= 11 is 0. The van der Waals surface area contributed by atoms with Gasteiger partial charge < -0.3 is 15.3 Å². The minimum absolute atomic E-state index is 0.134. The van der Waals surface area contributed by atoms with Gasteiger partial charge in [-0.2, -0.15) is 13.2 Å². The Bertz CT molecular complexity index is 557. The van der Waals surface area contributed by atoms with Gasteiger partial charge in [-0.15, -0.1) is 0 Å². The number of anilines is 2. The fourth-order valence-electron chi connectivity index (χ4n) is 1.97. The average Bonchev–Trinajstić information content (AvgIpc) is 2.62. The van der Waals surface area contributed by atoms with Crippen LogP contribution in [0.4, 0.5) is 24.5 Å². The summed E-state index contributed by atoms with van der Waals surface area (Å²) in [6, 6.07) is 3.91. The van der Waals surface area contributed by atoms with Crippen molar-refractivity contribution >= 4 is 23.1 Å². The summed E-state index contributed by atoms with van der Waals surface area (Å²) in [5.41, 5.74) is 0.488. The van der Waals surface area contributed by atoms with Gasteiger partial charge >= 0.3 is 6.18 Å². The van der Waals surface area contributed by atoms with E-state index in [2.05, 4.69) is 5.32 Å². The number of nitrogens with one attached hydrogen (secondary N) is 1. The second-order valence-electron chi connectivity index (χ2n) is 4.27. The molecule has 0 radical (unpaired) electrons. The summed E-state index contributed by atoms with van der Waals surface area (Å²) in [6.45, 7) is -1.88. The molecule has 0 unspecified atom stereocenters. The molecule has 20 heavy (non-hydrogen) atoms. The van der Waals surface area contributed by atoms with Crippen LogP contribution in [0, 0.1) is 0 Å². The van der Waals surface area contributed by atoms with Gasteiger partial charge in [0.2, 0.25) is 0 Å². The third-order valence-electron chi connectivity index (χ3n) is 2.81.